The van der Waals surface area contributed by atoms with E-state index in [1.807, 2.05) is 0 Å². The topological polar surface area (TPSA) is 21.8 Å². The molecular formula is C19H30O2. The molecule has 1 aliphatic rings. The van der Waals surface area contributed by atoms with Crippen LogP contribution in [0.2, 0.25) is 0 Å². The van der Waals surface area contributed by atoms with Crippen LogP contribution in [0.15, 0.2) is 18.2 Å². The average Bonchev–Trinajstić information content (AvgIpc) is 3.10. The van der Waals surface area contributed by atoms with Gasteiger partial charge in [0.1, 0.15) is 5.75 Å². The summed E-state index contributed by atoms with van der Waals surface area (Å²) in [7, 11) is 0. The molecule has 0 aromatic heterocycles. The summed E-state index contributed by atoms with van der Waals surface area (Å²) in [5.74, 6) is 1.51. The molecule has 1 fully saturated rings. The third-order valence-corrected chi connectivity index (χ3v) is 4.29. The zero-order valence-corrected chi connectivity index (χ0v) is 14.4. The normalized spacial score (nSPS) is 23.0. The minimum absolute atomic E-state index is 0.168. The fraction of sp³-hybridized carbons (Fsp3) is 0.684. The second kappa shape index (κ2) is 6.39. The summed E-state index contributed by atoms with van der Waals surface area (Å²) in [6.07, 6.45) is 2.98. The van der Waals surface area contributed by atoms with Crippen molar-refractivity contribution in [2.75, 3.05) is 6.61 Å². The van der Waals surface area contributed by atoms with E-state index < -0.39 is 0 Å². The van der Waals surface area contributed by atoms with Gasteiger partial charge in [0, 0.05) is 0 Å². The molecule has 0 N–H and O–H groups in total. The van der Waals surface area contributed by atoms with Gasteiger partial charge >= 0.3 is 0 Å². The zero-order valence-electron chi connectivity index (χ0n) is 14.4. The van der Waals surface area contributed by atoms with Gasteiger partial charge in [-0.15, -0.1) is 0 Å². The molecule has 1 heterocycles. The van der Waals surface area contributed by atoms with Gasteiger partial charge in [0.2, 0.25) is 0 Å². The maximum Gasteiger partial charge on any atom is 0.122 e. The van der Waals surface area contributed by atoms with Crippen LogP contribution in [0.5, 0.6) is 5.75 Å². The van der Waals surface area contributed by atoms with Gasteiger partial charge in [-0.2, -0.15) is 0 Å². The van der Waals surface area contributed by atoms with E-state index in [0.717, 1.165) is 25.2 Å². The number of hydrogen-bond donors (Lipinski definition) is 0. The number of rotatable bonds is 6. The van der Waals surface area contributed by atoms with Crippen LogP contribution in [0, 0.1) is 0 Å². The van der Waals surface area contributed by atoms with E-state index in [1.165, 1.54) is 11.1 Å². The second-order valence-electron chi connectivity index (χ2n) is 7.37. The van der Waals surface area contributed by atoms with E-state index in [9.17, 15) is 0 Å². The Morgan fingerprint density at radius 3 is 2.48 bits per heavy atom. The quantitative estimate of drug-likeness (QED) is 0.683. The van der Waals surface area contributed by atoms with Gasteiger partial charge in [-0.05, 0) is 48.3 Å². The van der Waals surface area contributed by atoms with Crippen molar-refractivity contribution in [1.29, 1.82) is 0 Å². The highest BCUT2D eigenvalue weighted by Crippen LogP contribution is 2.38. The molecule has 1 aromatic carbocycles. The lowest BCUT2D eigenvalue weighted by atomic mass is 9.83. The number of epoxide rings is 1. The van der Waals surface area contributed by atoms with Crippen molar-refractivity contribution in [3.8, 4) is 5.75 Å². The standard InChI is InChI=1S/C19H30O2/c1-7-10-20-17-9-8-15(19(4,5)6)12-16(17)13(2)11-18-14(3)21-18/h8-9,12-14,18H,7,10-11H2,1-6H3. The Morgan fingerprint density at radius 1 is 1.29 bits per heavy atom. The minimum atomic E-state index is 0.168. The van der Waals surface area contributed by atoms with Gasteiger partial charge < -0.3 is 9.47 Å². The van der Waals surface area contributed by atoms with Gasteiger partial charge in [-0.3, -0.25) is 0 Å². The van der Waals surface area contributed by atoms with Crippen molar-refractivity contribution in [2.24, 2.45) is 0 Å². The fourth-order valence-electron chi connectivity index (χ4n) is 2.70. The molecule has 1 aliphatic heterocycles. The van der Waals surface area contributed by atoms with Gasteiger partial charge in [0.05, 0.1) is 18.8 Å². The fourth-order valence-corrected chi connectivity index (χ4v) is 2.70. The van der Waals surface area contributed by atoms with Crippen LogP contribution in [0.1, 0.15) is 71.4 Å². The molecule has 1 aromatic rings. The zero-order chi connectivity index (χ0) is 15.6. The molecule has 1 saturated heterocycles. The lowest BCUT2D eigenvalue weighted by Crippen LogP contribution is -2.13. The molecule has 0 saturated carbocycles. The van der Waals surface area contributed by atoms with Crippen LogP contribution in [0.4, 0.5) is 0 Å². The molecule has 118 valence electrons. The van der Waals surface area contributed by atoms with Crippen molar-refractivity contribution in [3.05, 3.63) is 29.3 Å². The lowest BCUT2D eigenvalue weighted by Gasteiger charge is -2.23. The summed E-state index contributed by atoms with van der Waals surface area (Å²) in [5.41, 5.74) is 2.87. The Labute approximate surface area is 129 Å². The molecule has 0 bridgehead atoms. The first-order chi connectivity index (χ1) is 9.82. The summed E-state index contributed by atoms with van der Waals surface area (Å²) >= 11 is 0. The smallest absolute Gasteiger partial charge is 0.122 e. The van der Waals surface area contributed by atoms with Crippen LogP contribution in [-0.2, 0) is 10.2 Å². The summed E-state index contributed by atoms with van der Waals surface area (Å²) in [6.45, 7) is 14.1. The van der Waals surface area contributed by atoms with Crippen LogP contribution in [-0.4, -0.2) is 18.8 Å². The van der Waals surface area contributed by atoms with Crippen LogP contribution in [0.25, 0.3) is 0 Å². The molecular weight excluding hydrogens is 260 g/mol. The Balaban J connectivity index is 2.23. The number of benzene rings is 1. The van der Waals surface area contributed by atoms with Gasteiger partial charge in [-0.25, -0.2) is 0 Å². The minimum Gasteiger partial charge on any atom is -0.493 e. The van der Waals surface area contributed by atoms with Crippen LogP contribution in [0.3, 0.4) is 0 Å². The Morgan fingerprint density at radius 2 is 1.95 bits per heavy atom. The van der Waals surface area contributed by atoms with Crippen molar-refractivity contribution < 1.29 is 9.47 Å². The predicted molar refractivity (Wildman–Crippen MR) is 88.3 cm³/mol. The SMILES string of the molecule is CCCOc1ccc(C(C)(C)C)cc1C(C)CC1OC1C. The van der Waals surface area contributed by atoms with Crippen molar-refractivity contribution in [1.82, 2.24) is 0 Å². The Hall–Kier alpha value is -1.02. The Kier molecular flexibility index (Phi) is 4.98. The molecule has 0 radical (unpaired) electrons. The van der Waals surface area contributed by atoms with E-state index in [4.69, 9.17) is 9.47 Å². The lowest BCUT2D eigenvalue weighted by molar-refractivity contribution is 0.309. The highest BCUT2D eigenvalue weighted by Gasteiger charge is 2.36. The van der Waals surface area contributed by atoms with E-state index in [-0.39, 0.29) is 5.41 Å². The molecule has 2 rings (SSSR count). The Bertz CT molecular complexity index is 473. The first-order valence-electron chi connectivity index (χ1n) is 8.25. The van der Waals surface area contributed by atoms with E-state index in [0.29, 0.717) is 18.1 Å². The molecule has 21 heavy (non-hydrogen) atoms. The van der Waals surface area contributed by atoms with Crippen LogP contribution >= 0.6 is 0 Å². The highest BCUT2D eigenvalue weighted by atomic mass is 16.6. The monoisotopic (exact) mass is 290 g/mol. The first-order valence-corrected chi connectivity index (χ1v) is 8.25. The predicted octanol–water partition coefficient (Wildman–Crippen LogP) is 5.05. The molecule has 2 heteroatoms. The molecule has 0 spiro atoms. The van der Waals surface area contributed by atoms with E-state index in [1.54, 1.807) is 0 Å². The first kappa shape index (κ1) is 16.4. The summed E-state index contributed by atoms with van der Waals surface area (Å²) in [6, 6.07) is 6.69. The van der Waals surface area contributed by atoms with Gasteiger partial charge in [-0.1, -0.05) is 46.8 Å². The maximum atomic E-state index is 5.96. The molecule has 0 aliphatic carbocycles. The van der Waals surface area contributed by atoms with E-state index in [2.05, 4.69) is 59.7 Å². The molecule has 0 amide bonds. The van der Waals surface area contributed by atoms with E-state index >= 15 is 0 Å². The second-order valence-corrected chi connectivity index (χ2v) is 7.37. The average molecular weight is 290 g/mol. The molecule has 3 atom stereocenters. The van der Waals surface area contributed by atoms with Crippen molar-refractivity contribution >= 4 is 0 Å². The summed E-state index contributed by atoms with van der Waals surface area (Å²) < 4.78 is 11.5. The third kappa shape index (κ3) is 4.23. The third-order valence-electron chi connectivity index (χ3n) is 4.29. The number of ether oxygens (including phenoxy) is 2. The van der Waals surface area contributed by atoms with Gasteiger partial charge in [0.15, 0.2) is 0 Å². The maximum absolute atomic E-state index is 5.96. The summed E-state index contributed by atoms with van der Waals surface area (Å²) in [4.78, 5) is 0. The summed E-state index contributed by atoms with van der Waals surface area (Å²) in [5, 5.41) is 0. The largest absolute Gasteiger partial charge is 0.493 e. The van der Waals surface area contributed by atoms with Crippen LogP contribution < -0.4 is 4.74 Å². The van der Waals surface area contributed by atoms with Crippen molar-refractivity contribution in [2.45, 2.75) is 77.9 Å². The van der Waals surface area contributed by atoms with Crippen molar-refractivity contribution in [3.63, 3.8) is 0 Å². The van der Waals surface area contributed by atoms with Gasteiger partial charge in [0.25, 0.3) is 0 Å². The molecule has 2 nitrogen and oxygen atoms in total. The number of hydrogen-bond acceptors (Lipinski definition) is 2. The molecule has 3 unspecified atom stereocenters. The highest BCUT2D eigenvalue weighted by molar-refractivity contribution is 5.42.